The lowest BCUT2D eigenvalue weighted by Crippen LogP contribution is -2.44. The van der Waals surface area contributed by atoms with Gasteiger partial charge in [0.15, 0.2) is 5.82 Å². The lowest BCUT2D eigenvalue weighted by atomic mass is 10.0. The summed E-state index contributed by atoms with van der Waals surface area (Å²) in [5.41, 5.74) is 1.28. The Balaban J connectivity index is 1.63. The molecule has 3 aromatic heterocycles. The van der Waals surface area contributed by atoms with Gasteiger partial charge in [-0.15, -0.1) is 0 Å². The van der Waals surface area contributed by atoms with Crippen molar-refractivity contribution in [3.63, 3.8) is 0 Å². The molecule has 1 aliphatic carbocycles. The molecule has 0 saturated heterocycles. The van der Waals surface area contributed by atoms with Gasteiger partial charge in [-0.25, -0.2) is 24.1 Å². The van der Waals surface area contributed by atoms with Crippen molar-refractivity contribution >= 4 is 11.7 Å². The lowest BCUT2D eigenvalue weighted by Gasteiger charge is -2.27. The van der Waals surface area contributed by atoms with Gasteiger partial charge in [-0.1, -0.05) is 6.92 Å². The number of pyridine rings is 1. The van der Waals surface area contributed by atoms with E-state index in [2.05, 4.69) is 20.3 Å². The van der Waals surface area contributed by atoms with E-state index in [0.717, 1.165) is 5.69 Å². The molecule has 1 aliphatic rings. The smallest absolute Gasteiger partial charge is 0.408 e. The number of carbonyl (C=O) groups excluding carboxylic acids is 1. The monoisotopic (exact) mass is 441 g/mol. The first-order chi connectivity index (χ1) is 14.9. The second-order valence-corrected chi connectivity index (χ2v) is 9.85. The molecule has 0 radical (unpaired) electrons. The van der Waals surface area contributed by atoms with Gasteiger partial charge >= 0.3 is 6.09 Å². The second kappa shape index (κ2) is 7.51. The number of amides is 1. The molecular formula is C23H28FN5O3. The molecule has 0 bridgehead atoms. The Morgan fingerprint density at radius 3 is 2.53 bits per heavy atom. The number of rotatable bonds is 3. The van der Waals surface area contributed by atoms with Crippen LogP contribution in [0.25, 0.3) is 16.8 Å². The van der Waals surface area contributed by atoms with Crippen LogP contribution in [0.3, 0.4) is 0 Å². The van der Waals surface area contributed by atoms with Gasteiger partial charge in [-0.05, 0) is 41.0 Å². The van der Waals surface area contributed by atoms with Crippen LogP contribution < -0.4 is 5.32 Å². The summed E-state index contributed by atoms with van der Waals surface area (Å²) in [5.74, 6) is 0.0336. The van der Waals surface area contributed by atoms with Crippen molar-refractivity contribution in [2.24, 2.45) is 0 Å². The molecule has 2 N–H and O–H groups in total. The number of halogens is 1. The number of aliphatic hydroxyl groups is 1. The van der Waals surface area contributed by atoms with Gasteiger partial charge in [0.05, 0.1) is 23.0 Å². The molecule has 8 nitrogen and oxygen atoms in total. The molecule has 0 aromatic carbocycles. The quantitative estimate of drug-likeness (QED) is 0.631. The Morgan fingerprint density at radius 2 is 1.91 bits per heavy atom. The lowest BCUT2D eigenvalue weighted by molar-refractivity contribution is 0.0466. The number of hydrogen-bond acceptors (Lipinski definition) is 6. The Kier molecular flexibility index (Phi) is 5.20. The van der Waals surface area contributed by atoms with Crippen molar-refractivity contribution in [3.8, 4) is 11.1 Å². The first-order valence-electron chi connectivity index (χ1n) is 10.6. The van der Waals surface area contributed by atoms with E-state index in [1.165, 1.54) is 18.5 Å². The zero-order valence-corrected chi connectivity index (χ0v) is 19.1. The van der Waals surface area contributed by atoms with E-state index in [0.29, 0.717) is 34.7 Å². The van der Waals surface area contributed by atoms with Crippen LogP contribution in [-0.4, -0.2) is 36.2 Å². The van der Waals surface area contributed by atoms with Crippen molar-refractivity contribution in [3.05, 3.63) is 47.7 Å². The van der Waals surface area contributed by atoms with Crippen LogP contribution in [0.2, 0.25) is 0 Å². The number of hydrogen-bond donors (Lipinski definition) is 2. The maximum atomic E-state index is 14.9. The number of nitrogens with zero attached hydrogens (tertiary/aromatic N) is 4. The highest BCUT2D eigenvalue weighted by molar-refractivity contribution is 5.69. The van der Waals surface area contributed by atoms with E-state index in [4.69, 9.17) is 4.74 Å². The van der Waals surface area contributed by atoms with Crippen LogP contribution in [-0.2, 0) is 10.3 Å². The molecule has 0 spiro atoms. The van der Waals surface area contributed by atoms with Gasteiger partial charge in [0.1, 0.15) is 17.1 Å². The summed E-state index contributed by atoms with van der Waals surface area (Å²) in [6.45, 7) is 10.9. The molecule has 170 valence electrons. The first kappa shape index (κ1) is 22.1. The molecule has 0 fully saturated rings. The second-order valence-electron chi connectivity index (χ2n) is 9.85. The number of alkyl carbamates (subject to hydrolysis) is 1. The van der Waals surface area contributed by atoms with Gasteiger partial charge in [-0.2, -0.15) is 0 Å². The molecule has 0 aliphatic heterocycles. The normalized spacial score (nSPS) is 18.6. The van der Waals surface area contributed by atoms with Crippen LogP contribution in [0.4, 0.5) is 9.18 Å². The van der Waals surface area contributed by atoms with E-state index in [1.54, 1.807) is 40.8 Å². The third-order valence-electron chi connectivity index (χ3n) is 5.47. The van der Waals surface area contributed by atoms with Crippen LogP contribution in [0.5, 0.6) is 0 Å². The summed E-state index contributed by atoms with van der Waals surface area (Å²) < 4.78 is 22.0. The highest BCUT2D eigenvalue weighted by Gasteiger charge is 2.33. The number of nitrogens with one attached hydrogen (secondary N) is 1. The van der Waals surface area contributed by atoms with Crippen molar-refractivity contribution < 1.29 is 19.0 Å². The van der Waals surface area contributed by atoms with Crippen molar-refractivity contribution in [1.82, 2.24) is 24.7 Å². The molecule has 32 heavy (non-hydrogen) atoms. The van der Waals surface area contributed by atoms with E-state index < -0.39 is 29.2 Å². The Morgan fingerprint density at radius 1 is 1.25 bits per heavy atom. The van der Waals surface area contributed by atoms with Crippen molar-refractivity contribution in [2.45, 2.75) is 71.1 Å². The number of fused-ring (bicyclic) bond motifs is 3. The van der Waals surface area contributed by atoms with Gasteiger partial charge in [0.2, 0.25) is 0 Å². The first-order valence-corrected chi connectivity index (χ1v) is 10.6. The fourth-order valence-electron chi connectivity index (χ4n) is 4.01. The minimum Gasteiger partial charge on any atom is -0.444 e. The summed E-state index contributed by atoms with van der Waals surface area (Å²) in [5, 5.41) is 13.0. The minimum atomic E-state index is -0.889. The molecule has 0 saturated carbocycles. The third-order valence-corrected chi connectivity index (χ3v) is 5.47. The largest absolute Gasteiger partial charge is 0.444 e. The summed E-state index contributed by atoms with van der Waals surface area (Å²) in [6.07, 6.45) is 4.13. The van der Waals surface area contributed by atoms with Crippen molar-refractivity contribution in [2.75, 3.05) is 0 Å². The standard InChI is InChI=1S/C23H28FN5O3/c1-12-7-16(30)18-19(12)29-11-14(15(24)8-17(29)27-18)13-9-25-20(26-10-13)23(5,6)28-21(31)32-22(2,3)4/h8-12,16,30H,7H2,1-6H3,(H,28,31)/t12-,16+/m0/s1. The fraction of sp³-hybridized carbons (Fsp3) is 0.478. The number of imidazole rings is 1. The summed E-state index contributed by atoms with van der Waals surface area (Å²) in [7, 11) is 0. The zero-order chi connectivity index (χ0) is 23.4. The van der Waals surface area contributed by atoms with E-state index in [1.807, 2.05) is 11.3 Å². The molecule has 9 heteroatoms. The van der Waals surface area contributed by atoms with Gasteiger partial charge in [0.25, 0.3) is 0 Å². The molecule has 0 unspecified atom stereocenters. The van der Waals surface area contributed by atoms with E-state index in [-0.39, 0.29) is 5.92 Å². The molecule has 2 atom stereocenters. The minimum absolute atomic E-state index is 0.117. The predicted octanol–water partition coefficient (Wildman–Crippen LogP) is 4.23. The number of aliphatic hydroxyl groups excluding tert-OH is 1. The number of carbonyl (C=O) groups is 1. The summed E-state index contributed by atoms with van der Waals surface area (Å²) >= 11 is 0. The predicted molar refractivity (Wildman–Crippen MR) is 117 cm³/mol. The van der Waals surface area contributed by atoms with E-state index >= 15 is 0 Å². The van der Waals surface area contributed by atoms with Gasteiger partial charge in [-0.3, -0.25) is 0 Å². The Labute approximate surface area is 185 Å². The molecule has 3 heterocycles. The molecule has 4 rings (SSSR count). The average molecular weight is 442 g/mol. The molecule has 3 aromatic rings. The number of aromatic nitrogens is 4. The van der Waals surface area contributed by atoms with Crippen LogP contribution in [0, 0.1) is 5.82 Å². The third kappa shape index (κ3) is 4.04. The van der Waals surface area contributed by atoms with Crippen LogP contribution >= 0.6 is 0 Å². The number of ether oxygens (including phenoxy) is 1. The maximum absolute atomic E-state index is 14.9. The van der Waals surface area contributed by atoms with Crippen LogP contribution in [0.1, 0.15) is 77.2 Å². The topological polar surface area (TPSA) is 102 Å². The Hall–Kier alpha value is -3.07. The summed E-state index contributed by atoms with van der Waals surface area (Å²) in [6, 6.07) is 1.36. The van der Waals surface area contributed by atoms with Gasteiger partial charge < -0.3 is 19.6 Å². The molecule has 1 amide bonds. The summed E-state index contributed by atoms with van der Waals surface area (Å²) in [4.78, 5) is 25.3. The van der Waals surface area contributed by atoms with Crippen LogP contribution in [0.15, 0.2) is 24.7 Å². The van der Waals surface area contributed by atoms with Crippen molar-refractivity contribution in [1.29, 1.82) is 0 Å². The highest BCUT2D eigenvalue weighted by atomic mass is 19.1. The highest BCUT2D eigenvalue weighted by Crippen LogP contribution is 2.40. The average Bonchev–Trinajstić information content (AvgIpc) is 3.16. The van der Waals surface area contributed by atoms with E-state index in [9.17, 15) is 14.3 Å². The fourth-order valence-corrected chi connectivity index (χ4v) is 4.01. The Bertz CT molecular complexity index is 1180. The van der Waals surface area contributed by atoms with Gasteiger partial charge in [0, 0.05) is 41.7 Å². The molecular weight excluding hydrogens is 413 g/mol. The SMILES string of the molecule is C[C@H]1C[C@@H](O)c2nc3cc(F)c(-c4cnc(C(C)(C)NC(=O)OC(C)(C)C)nc4)cn3c21. The maximum Gasteiger partial charge on any atom is 0.408 e. The zero-order valence-electron chi connectivity index (χ0n) is 19.1.